The molecule has 1 amide bonds. The Morgan fingerprint density at radius 2 is 2.10 bits per heavy atom. The van der Waals surface area contributed by atoms with Crippen LogP contribution >= 0.6 is 46.7 Å². The fourth-order valence-corrected chi connectivity index (χ4v) is 3.60. The quantitative estimate of drug-likeness (QED) is 0.813. The number of halogens is 2. The van der Waals surface area contributed by atoms with Crippen LogP contribution in [0.3, 0.4) is 0 Å². The zero-order chi connectivity index (χ0) is 13.8. The van der Waals surface area contributed by atoms with Crippen molar-refractivity contribution in [2.75, 3.05) is 20.1 Å². The van der Waals surface area contributed by atoms with Crippen molar-refractivity contribution < 1.29 is 4.79 Å². The Kier molecular flexibility index (Phi) is 6.91. The molecule has 2 aromatic rings. The highest BCUT2D eigenvalue weighted by molar-refractivity contribution is 7.24. The van der Waals surface area contributed by atoms with Gasteiger partial charge in [-0.1, -0.05) is 11.6 Å². The van der Waals surface area contributed by atoms with E-state index < -0.39 is 0 Å². The van der Waals surface area contributed by atoms with E-state index in [1.165, 1.54) is 22.7 Å². The van der Waals surface area contributed by atoms with Gasteiger partial charge in [-0.05, 0) is 26.1 Å². The number of hydrogen-bond donors (Lipinski definition) is 2. The minimum absolute atomic E-state index is 0. The third kappa shape index (κ3) is 4.17. The third-order valence-corrected chi connectivity index (χ3v) is 5.00. The molecule has 0 fully saturated rings. The summed E-state index contributed by atoms with van der Waals surface area (Å²) in [5.74, 6) is -0.0702. The van der Waals surface area contributed by atoms with Crippen LogP contribution in [0.2, 0.25) is 4.34 Å². The second kappa shape index (κ2) is 7.95. The van der Waals surface area contributed by atoms with Gasteiger partial charge in [0.25, 0.3) is 5.91 Å². The number of carbonyl (C=O) groups is 1. The standard InChI is InChI=1S/C12H14ClN3OS2.ClH/c1-7-10(11(17)15-6-5-14-2)19-12(16-7)8-3-4-9(13)18-8;/h3-4,14H,5-6H2,1-2H3,(H,15,17);1H. The van der Waals surface area contributed by atoms with Gasteiger partial charge in [-0.3, -0.25) is 4.79 Å². The van der Waals surface area contributed by atoms with Crippen LogP contribution < -0.4 is 10.6 Å². The fourth-order valence-electron chi connectivity index (χ4n) is 1.52. The van der Waals surface area contributed by atoms with Crippen LogP contribution in [0.15, 0.2) is 12.1 Å². The zero-order valence-electron chi connectivity index (χ0n) is 11.0. The average Bonchev–Trinajstić information content (AvgIpc) is 2.95. The van der Waals surface area contributed by atoms with Crippen molar-refractivity contribution in [2.24, 2.45) is 0 Å². The number of thiazole rings is 1. The van der Waals surface area contributed by atoms with Crippen molar-refractivity contribution in [1.29, 1.82) is 0 Å². The van der Waals surface area contributed by atoms with E-state index in [9.17, 15) is 4.79 Å². The van der Waals surface area contributed by atoms with Gasteiger partial charge >= 0.3 is 0 Å². The third-order valence-electron chi connectivity index (χ3n) is 2.45. The molecule has 0 unspecified atom stereocenters. The molecule has 2 rings (SSSR count). The van der Waals surface area contributed by atoms with E-state index in [0.29, 0.717) is 11.4 Å². The molecule has 0 radical (unpaired) electrons. The molecule has 20 heavy (non-hydrogen) atoms. The van der Waals surface area contributed by atoms with Crippen molar-refractivity contribution in [1.82, 2.24) is 15.6 Å². The van der Waals surface area contributed by atoms with Crippen LogP contribution in [0.5, 0.6) is 0 Å². The van der Waals surface area contributed by atoms with Gasteiger partial charge in [0.1, 0.15) is 9.88 Å². The maximum absolute atomic E-state index is 12.0. The average molecular weight is 352 g/mol. The molecular formula is C12H15Cl2N3OS2. The molecule has 0 aliphatic rings. The molecule has 0 saturated carbocycles. The number of amides is 1. The van der Waals surface area contributed by atoms with Crippen LogP contribution in [0.25, 0.3) is 9.88 Å². The lowest BCUT2D eigenvalue weighted by molar-refractivity contribution is 0.0957. The lowest BCUT2D eigenvalue weighted by Gasteiger charge is -2.02. The van der Waals surface area contributed by atoms with Crippen LogP contribution in [0.1, 0.15) is 15.4 Å². The molecule has 0 aliphatic heterocycles. The monoisotopic (exact) mass is 351 g/mol. The smallest absolute Gasteiger partial charge is 0.263 e. The number of aryl methyl sites for hydroxylation is 1. The number of aromatic nitrogens is 1. The minimum Gasteiger partial charge on any atom is -0.350 e. The van der Waals surface area contributed by atoms with E-state index >= 15 is 0 Å². The number of hydrogen-bond acceptors (Lipinski definition) is 5. The predicted octanol–water partition coefficient (Wildman–Crippen LogP) is 3.20. The number of carbonyl (C=O) groups excluding carboxylic acids is 1. The van der Waals surface area contributed by atoms with Gasteiger partial charge in [-0.2, -0.15) is 0 Å². The molecule has 8 heteroatoms. The summed E-state index contributed by atoms with van der Waals surface area (Å²) in [5.41, 5.74) is 0.756. The first kappa shape index (κ1) is 17.4. The number of likely N-dealkylation sites (N-methyl/N-ethyl adjacent to an activating group) is 1. The van der Waals surface area contributed by atoms with Gasteiger partial charge in [-0.25, -0.2) is 4.98 Å². The first-order chi connectivity index (χ1) is 9.11. The number of rotatable bonds is 5. The molecule has 0 spiro atoms. The summed E-state index contributed by atoms with van der Waals surface area (Å²) < 4.78 is 0.725. The molecule has 2 N–H and O–H groups in total. The molecule has 0 atom stereocenters. The highest BCUT2D eigenvalue weighted by Crippen LogP contribution is 2.34. The van der Waals surface area contributed by atoms with Gasteiger partial charge in [0.2, 0.25) is 0 Å². The molecule has 0 aliphatic carbocycles. The van der Waals surface area contributed by atoms with Crippen molar-refractivity contribution in [3.63, 3.8) is 0 Å². The van der Waals surface area contributed by atoms with Crippen LogP contribution in [0.4, 0.5) is 0 Å². The summed E-state index contributed by atoms with van der Waals surface area (Å²) in [6.45, 7) is 3.20. The molecule has 2 aromatic heterocycles. The van der Waals surface area contributed by atoms with Gasteiger partial charge < -0.3 is 10.6 Å². The normalized spacial score (nSPS) is 10.2. The number of nitrogens with one attached hydrogen (secondary N) is 2. The second-order valence-corrected chi connectivity index (χ2v) is 6.61. The summed E-state index contributed by atoms with van der Waals surface area (Å²) in [7, 11) is 1.85. The molecule has 0 aromatic carbocycles. The Balaban J connectivity index is 0.00000200. The Labute approximate surface area is 137 Å². The van der Waals surface area contributed by atoms with Crippen LogP contribution in [-0.2, 0) is 0 Å². The van der Waals surface area contributed by atoms with Crippen molar-refractivity contribution >= 4 is 52.6 Å². The lowest BCUT2D eigenvalue weighted by Crippen LogP contribution is -2.30. The first-order valence-corrected chi connectivity index (χ1v) is 7.79. The van der Waals surface area contributed by atoms with Crippen LogP contribution in [0, 0.1) is 6.92 Å². The summed E-state index contributed by atoms with van der Waals surface area (Å²) in [6.07, 6.45) is 0. The van der Waals surface area contributed by atoms with E-state index in [1.807, 2.05) is 26.1 Å². The number of nitrogens with zero attached hydrogens (tertiary/aromatic N) is 1. The zero-order valence-corrected chi connectivity index (χ0v) is 14.2. The molecule has 0 bridgehead atoms. The highest BCUT2D eigenvalue weighted by atomic mass is 35.5. The van der Waals surface area contributed by atoms with Gasteiger partial charge in [0, 0.05) is 13.1 Å². The van der Waals surface area contributed by atoms with Gasteiger partial charge in [-0.15, -0.1) is 35.1 Å². The molecule has 4 nitrogen and oxygen atoms in total. The van der Waals surface area contributed by atoms with E-state index in [2.05, 4.69) is 15.6 Å². The Morgan fingerprint density at radius 3 is 2.70 bits per heavy atom. The Hall–Kier alpha value is -0.660. The number of thiophene rings is 1. The summed E-state index contributed by atoms with van der Waals surface area (Å²) in [5, 5.41) is 6.68. The van der Waals surface area contributed by atoms with Gasteiger partial charge in [0.05, 0.1) is 14.9 Å². The molecule has 2 heterocycles. The first-order valence-electron chi connectivity index (χ1n) is 5.77. The Bertz CT molecular complexity index is 583. The van der Waals surface area contributed by atoms with Crippen molar-refractivity contribution in [3.05, 3.63) is 27.0 Å². The summed E-state index contributed by atoms with van der Waals surface area (Å²) in [6, 6.07) is 3.76. The topological polar surface area (TPSA) is 54.0 Å². The maximum Gasteiger partial charge on any atom is 0.263 e. The second-order valence-electron chi connectivity index (χ2n) is 3.90. The lowest BCUT2D eigenvalue weighted by atomic mass is 10.3. The largest absolute Gasteiger partial charge is 0.350 e. The molecule has 110 valence electrons. The fraction of sp³-hybridized carbons (Fsp3) is 0.333. The predicted molar refractivity (Wildman–Crippen MR) is 88.7 cm³/mol. The van der Waals surface area contributed by atoms with E-state index in [4.69, 9.17) is 11.6 Å². The van der Waals surface area contributed by atoms with Gasteiger partial charge in [0.15, 0.2) is 0 Å². The van der Waals surface area contributed by atoms with Crippen molar-refractivity contribution in [3.8, 4) is 9.88 Å². The van der Waals surface area contributed by atoms with Crippen LogP contribution in [-0.4, -0.2) is 31.0 Å². The maximum atomic E-state index is 12.0. The van der Waals surface area contributed by atoms with E-state index in [-0.39, 0.29) is 18.3 Å². The Morgan fingerprint density at radius 1 is 1.35 bits per heavy atom. The summed E-state index contributed by atoms with van der Waals surface area (Å²) >= 11 is 8.78. The van der Waals surface area contributed by atoms with E-state index in [1.54, 1.807) is 0 Å². The van der Waals surface area contributed by atoms with Crippen molar-refractivity contribution in [2.45, 2.75) is 6.92 Å². The molecule has 0 saturated heterocycles. The molecular weight excluding hydrogens is 337 g/mol. The SMILES string of the molecule is CNCCNC(=O)c1sc(-c2ccc(Cl)s2)nc1C.Cl. The highest BCUT2D eigenvalue weighted by Gasteiger charge is 2.16. The van der Waals surface area contributed by atoms with E-state index in [0.717, 1.165) is 26.5 Å². The minimum atomic E-state index is -0.0702. The summed E-state index contributed by atoms with van der Waals surface area (Å²) in [4.78, 5) is 18.1.